The van der Waals surface area contributed by atoms with E-state index in [0.717, 1.165) is 37.4 Å². The third-order valence-electron chi connectivity index (χ3n) is 3.19. The van der Waals surface area contributed by atoms with Crippen LogP contribution in [0.2, 0.25) is 0 Å². The molecule has 0 spiro atoms. The van der Waals surface area contributed by atoms with Gasteiger partial charge in [-0.1, -0.05) is 26.0 Å². The molecule has 1 N–H and O–H groups in total. The highest BCUT2D eigenvalue weighted by Gasteiger charge is 2.10. The van der Waals surface area contributed by atoms with Crippen molar-refractivity contribution in [2.75, 3.05) is 30.4 Å². The lowest BCUT2D eigenvalue weighted by Crippen LogP contribution is -2.27. The van der Waals surface area contributed by atoms with Gasteiger partial charge in [-0.25, -0.2) is 0 Å². The van der Waals surface area contributed by atoms with E-state index in [1.54, 1.807) is 13.3 Å². The van der Waals surface area contributed by atoms with Gasteiger partial charge < -0.3 is 15.0 Å². The molecule has 0 fully saturated rings. The maximum atomic E-state index is 5.34. The molecule has 118 valence electrons. The molecule has 22 heavy (non-hydrogen) atoms. The quantitative estimate of drug-likeness (QED) is 0.807. The van der Waals surface area contributed by atoms with Gasteiger partial charge >= 0.3 is 0 Å². The van der Waals surface area contributed by atoms with Crippen molar-refractivity contribution in [3.8, 4) is 5.75 Å². The Labute approximate surface area is 131 Å². The van der Waals surface area contributed by atoms with E-state index in [9.17, 15) is 0 Å². The van der Waals surface area contributed by atoms with Crippen LogP contribution in [-0.2, 0) is 0 Å². The maximum Gasteiger partial charge on any atom is 0.247 e. The zero-order chi connectivity index (χ0) is 15.8. The number of methoxy groups -OCH3 is 1. The van der Waals surface area contributed by atoms with Gasteiger partial charge in [-0.15, -0.1) is 5.10 Å². The molecule has 0 bridgehead atoms. The fraction of sp³-hybridized carbons (Fsp3) is 0.438. The number of hydrogen-bond acceptors (Lipinski definition) is 6. The number of aromatic nitrogens is 3. The van der Waals surface area contributed by atoms with Crippen molar-refractivity contribution in [1.29, 1.82) is 0 Å². The van der Waals surface area contributed by atoms with Crippen LogP contribution in [0.1, 0.15) is 26.7 Å². The summed E-state index contributed by atoms with van der Waals surface area (Å²) in [7, 11) is 1.65. The van der Waals surface area contributed by atoms with Crippen LogP contribution < -0.4 is 15.0 Å². The predicted octanol–water partition coefficient (Wildman–Crippen LogP) is 3.25. The van der Waals surface area contributed by atoms with Crippen molar-refractivity contribution in [2.45, 2.75) is 26.7 Å². The minimum absolute atomic E-state index is 0.656. The van der Waals surface area contributed by atoms with Crippen molar-refractivity contribution in [3.63, 3.8) is 0 Å². The van der Waals surface area contributed by atoms with E-state index >= 15 is 0 Å². The summed E-state index contributed by atoms with van der Waals surface area (Å²) < 4.78 is 5.34. The largest absolute Gasteiger partial charge is 0.495 e. The topological polar surface area (TPSA) is 63.2 Å². The summed E-state index contributed by atoms with van der Waals surface area (Å²) in [6.07, 6.45) is 3.72. The molecule has 0 atom stereocenters. The van der Waals surface area contributed by atoms with Gasteiger partial charge in [-0.05, 0) is 25.0 Å². The Morgan fingerprint density at radius 1 is 1.14 bits per heavy atom. The van der Waals surface area contributed by atoms with Crippen LogP contribution in [0.25, 0.3) is 0 Å². The average Bonchev–Trinajstić information content (AvgIpc) is 2.55. The van der Waals surface area contributed by atoms with Gasteiger partial charge in [0.2, 0.25) is 5.95 Å². The Morgan fingerprint density at radius 3 is 2.55 bits per heavy atom. The number of para-hydroxylation sites is 2. The van der Waals surface area contributed by atoms with E-state index in [1.807, 2.05) is 24.3 Å². The van der Waals surface area contributed by atoms with E-state index in [0.29, 0.717) is 11.8 Å². The minimum atomic E-state index is 0.656. The third kappa shape index (κ3) is 4.07. The van der Waals surface area contributed by atoms with Gasteiger partial charge in [-0.2, -0.15) is 10.1 Å². The van der Waals surface area contributed by atoms with Gasteiger partial charge in [0.1, 0.15) is 5.75 Å². The molecule has 1 aromatic heterocycles. The number of rotatable bonds is 8. The number of benzene rings is 1. The van der Waals surface area contributed by atoms with E-state index in [1.165, 1.54) is 0 Å². The van der Waals surface area contributed by atoms with Gasteiger partial charge in [0.05, 0.1) is 19.0 Å². The molecule has 0 aliphatic carbocycles. The Balaban J connectivity index is 2.20. The van der Waals surface area contributed by atoms with Crippen molar-refractivity contribution < 1.29 is 4.74 Å². The van der Waals surface area contributed by atoms with E-state index in [2.05, 4.69) is 39.2 Å². The van der Waals surface area contributed by atoms with Crippen LogP contribution in [0, 0.1) is 0 Å². The normalized spacial score (nSPS) is 10.3. The Bertz CT molecular complexity index is 584. The molecular weight excluding hydrogens is 278 g/mol. The molecule has 0 radical (unpaired) electrons. The molecule has 0 amide bonds. The smallest absolute Gasteiger partial charge is 0.247 e. The zero-order valence-corrected chi connectivity index (χ0v) is 13.4. The highest BCUT2D eigenvalue weighted by molar-refractivity contribution is 5.63. The molecule has 0 saturated heterocycles. The summed E-state index contributed by atoms with van der Waals surface area (Å²) in [4.78, 5) is 6.72. The summed E-state index contributed by atoms with van der Waals surface area (Å²) >= 11 is 0. The van der Waals surface area contributed by atoms with Gasteiger partial charge in [0.15, 0.2) is 5.82 Å². The second-order valence-corrected chi connectivity index (χ2v) is 4.95. The molecule has 2 aromatic rings. The molecule has 6 nitrogen and oxygen atoms in total. The lowest BCUT2D eigenvalue weighted by molar-refractivity contribution is 0.417. The monoisotopic (exact) mass is 301 g/mol. The van der Waals surface area contributed by atoms with Crippen molar-refractivity contribution >= 4 is 17.5 Å². The number of nitrogens with one attached hydrogen (secondary N) is 1. The molecular formula is C16H23N5O. The van der Waals surface area contributed by atoms with Gasteiger partial charge in [0.25, 0.3) is 0 Å². The first-order valence-corrected chi connectivity index (χ1v) is 7.63. The number of ether oxygens (including phenoxy) is 1. The number of nitrogens with zero attached hydrogens (tertiary/aromatic N) is 4. The average molecular weight is 301 g/mol. The van der Waals surface area contributed by atoms with E-state index in [4.69, 9.17) is 4.74 Å². The lowest BCUT2D eigenvalue weighted by atomic mass is 10.3. The molecule has 2 rings (SSSR count). The summed E-state index contributed by atoms with van der Waals surface area (Å²) in [5.74, 6) is 2.08. The van der Waals surface area contributed by atoms with Crippen LogP contribution in [0.5, 0.6) is 5.75 Å². The lowest BCUT2D eigenvalue weighted by Gasteiger charge is -2.21. The second kappa shape index (κ2) is 8.17. The van der Waals surface area contributed by atoms with Crippen molar-refractivity contribution in [3.05, 3.63) is 30.5 Å². The van der Waals surface area contributed by atoms with Crippen molar-refractivity contribution in [2.24, 2.45) is 0 Å². The van der Waals surface area contributed by atoms with Crippen LogP contribution in [0.4, 0.5) is 17.5 Å². The van der Waals surface area contributed by atoms with Crippen LogP contribution in [-0.4, -0.2) is 35.4 Å². The highest BCUT2D eigenvalue weighted by atomic mass is 16.5. The molecule has 0 saturated carbocycles. The van der Waals surface area contributed by atoms with Crippen LogP contribution in [0.3, 0.4) is 0 Å². The standard InChI is InChI=1S/C16H23N5O/c1-4-10-21(11-5-2)16-19-15(12-17-20-16)18-13-8-6-7-9-14(13)22-3/h6-9,12H,4-5,10-11H2,1-3H3,(H,18,19,20). The Morgan fingerprint density at radius 2 is 1.86 bits per heavy atom. The summed E-state index contributed by atoms with van der Waals surface area (Å²) in [5.41, 5.74) is 0.856. The SMILES string of the molecule is CCCN(CCC)c1nncc(Nc2ccccc2OC)n1. The molecule has 6 heteroatoms. The third-order valence-corrected chi connectivity index (χ3v) is 3.19. The Hall–Kier alpha value is -2.37. The minimum Gasteiger partial charge on any atom is -0.495 e. The fourth-order valence-electron chi connectivity index (χ4n) is 2.23. The first-order chi connectivity index (χ1) is 10.8. The highest BCUT2D eigenvalue weighted by Crippen LogP contribution is 2.26. The predicted molar refractivity (Wildman–Crippen MR) is 88.9 cm³/mol. The number of hydrogen-bond donors (Lipinski definition) is 1. The molecule has 0 unspecified atom stereocenters. The molecule has 1 heterocycles. The zero-order valence-electron chi connectivity index (χ0n) is 13.4. The second-order valence-electron chi connectivity index (χ2n) is 4.95. The van der Waals surface area contributed by atoms with Gasteiger partial charge in [-0.3, -0.25) is 0 Å². The Kier molecular flexibility index (Phi) is 5.94. The summed E-state index contributed by atoms with van der Waals surface area (Å²) in [6, 6.07) is 7.72. The summed E-state index contributed by atoms with van der Waals surface area (Å²) in [5, 5.41) is 11.5. The van der Waals surface area contributed by atoms with Crippen LogP contribution in [0.15, 0.2) is 30.5 Å². The fourth-order valence-corrected chi connectivity index (χ4v) is 2.23. The van der Waals surface area contributed by atoms with Gasteiger partial charge in [0, 0.05) is 13.1 Å². The molecule has 1 aromatic carbocycles. The van der Waals surface area contributed by atoms with E-state index in [-0.39, 0.29) is 0 Å². The van der Waals surface area contributed by atoms with Crippen molar-refractivity contribution in [1.82, 2.24) is 15.2 Å². The first-order valence-electron chi connectivity index (χ1n) is 7.63. The first kappa shape index (κ1) is 16.0. The van der Waals surface area contributed by atoms with E-state index < -0.39 is 0 Å². The summed E-state index contributed by atoms with van der Waals surface area (Å²) in [6.45, 7) is 6.14. The maximum absolute atomic E-state index is 5.34. The molecule has 0 aliphatic heterocycles. The number of anilines is 3. The molecule has 0 aliphatic rings. The van der Waals surface area contributed by atoms with Crippen LogP contribution >= 0.6 is 0 Å².